The summed E-state index contributed by atoms with van der Waals surface area (Å²) >= 11 is 5.74. The summed E-state index contributed by atoms with van der Waals surface area (Å²) in [5, 5.41) is 3.68. The van der Waals surface area contributed by atoms with Crippen LogP contribution in [0.25, 0.3) is 0 Å². The van der Waals surface area contributed by atoms with Crippen LogP contribution in [0.3, 0.4) is 0 Å². The molecule has 0 aliphatic heterocycles. The summed E-state index contributed by atoms with van der Waals surface area (Å²) in [6.45, 7) is 4.87. The van der Waals surface area contributed by atoms with Gasteiger partial charge in [0.05, 0.1) is 23.5 Å². The van der Waals surface area contributed by atoms with E-state index >= 15 is 0 Å². The van der Waals surface area contributed by atoms with Gasteiger partial charge in [-0.2, -0.15) is 0 Å². The smallest absolute Gasteiger partial charge is 0.227 e. The highest BCUT2D eigenvalue weighted by molar-refractivity contribution is 6.30. The molecule has 0 spiro atoms. The maximum absolute atomic E-state index is 5.74. The molecule has 1 unspecified atom stereocenters. The standard InChI is InChI=1S/C14H18ClN3O/c1-3-19-10(2)11-4-6-13(7-5-11)18-14-16-8-12(15)9-17-14/h4,6-11H,3,5H2,1-2H3,(H,16,17,18)/t10-,11?/m1/s1. The van der Waals surface area contributed by atoms with Gasteiger partial charge in [-0.15, -0.1) is 0 Å². The zero-order chi connectivity index (χ0) is 13.7. The second-order valence-electron chi connectivity index (χ2n) is 4.43. The SMILES string of the molecule is CCO[C@H](C)C1C=CC(Nc2ncc(Cl)cn2)=CC1. The molecule has 1 N–H and O–H groups in total. The van der Waals surface area contributed by atoms with Gasteiger partial charge < -0.3 is 10.1 Å². The maximum atomic E-state index is 5.74. The zero-order valence-corrected chi connectivity index (χ0v) is 11.9. The molecule has 102 valence electrons. The van der Waals surface area contributed by atoms with Gasteiger partial charge in [-0.05, 0) is 26.3 Å². The summed E-state index contributed by atoms with van der Waals surface area (Å²) in [6, 6.07) is 0. The van der Waals surface area contributed by atoms with E-state index in [-0.39, 0.29) is 6.10 Å². The van der Waals surface area contributed by atoms with Crippen LogP contribution in [0.15, 0.2) is 36.3 Å². The lowest BCUT2D eigenvalue weighted by Gasteiger charge is -2.22. The Hall–Kier alpha value is -1.39. The Labute approximate surface area is 118 Å². The summed E-state index contributed by atoms with van der Waals surface area (Å²) in [5.74, 6) is 0.980. The first-order valence-electron chi connectivity index (χ1n) is 6.43. The van der Waals surface area contributed by atoms with Crippen molar-refractivity contribution in [2.24, 2.45) is 5.92 Å². The number of allylic oxidation sites excluding steroid dienone is 2. The molecule has 0 aromatic carbocycles. The van der Waals surface area contributed by atoms with E-state index in [2.05, 4.69) is 34.4 Å². The Morgan fingerprint density at radius 3 is 2.79 bits per heavy atom. The number of rotatable bonds is 5. The number of hydrogen-bond acceptors (Lipinski definition) is 4. The van der Waals surface area contributed by atoms with Gasteiger partial charge in [-0.25, -0.2) is 9.97 Å². The van der Waals surface area contributed by atoms with Gasteiger partial charge in [0.25, 0.3) is 0 Å². The van der Waals surface area contributed by atoms with Crippen molar-refractivity contribution in [3.05, 3.63) is 41.3 Å². The second-order valence-corrected chi connectivity index (χ2v) is 4.86. The van der Waals surface area contributed by atoms with E-state index in [1.165, 1.54) is 0 Å². The van der Waals surface area contributed by atoms with E-state index in [9.17, 15) is 0 Å². The fraction of sp³-hybridized carbons (Fsp3) is 0.429. The van der Waals surface area contributed by atoms with Gasteiger partial charge in [-0.3, -0.25) is 0 Å². The van der Waals surface area contributed by atoms with Crippen LogP contribution in [0.1, 0.15) is 20.3 Å². The van der Waals surface area contributed by atoms with E-state index in [4.69, 9.17) is 16.3 Å². The third-order valence-electron chi connectivity index (χ3n) is 3.04. The molecule has 1 aliphatic carbocycles. The summed E-state index contributed by atoms with van der Waals surface area (Å²) < 4.78 is 5.61. The minimum Gasteiger partial charge on any atom is -0.378 e. The Bertz CT molecular complexity index is 470. The number of nitrogens with zero attached hydrogens (tertiary/aromatic N) is 2. The van der Waals surface area contributed by atoms with Crippen LogP contribution < -0.4 is 5.32 Å². The van der Waals surface area contributed by atoms with Crippen LogP contribution in [-0.4, -0.2) is 22.7 Å². The Kier molecular flexibility index (Phi) is 4.93. The lowest BCUT2D eigenvalue weighted by atomic mass is 9.94. The molecule has 1 aromatic rings. The molecule has 2 atom stereocenters. The maximum Gasteiger partial charge on any atom is 0.227 e. The summed E-state index contributed by atoms with van der Waals surface area (Å²) in [5.41, 5.74) is 1.00. The minimum atomic E-state index is 0.242. The number of nitrogens with one attached hydrogen (secondary N) is 1. The molecule has 1 aliphatic rings. The largest absolute Gasteiger partial charge is 0.378 e. The van der Waals surface area contributed by atoms with Crippen LogP contribution in [0.4, 0.5) is 5.95 Å². The average Bonchev–Trinajstić information content (AvgIpc) is 2.42. The normalized spacial score (nSPS) is 19.9. The van der Waals surface area contributed by atoms with Crippen LogP contribution in [0.2, 0.25) is 5.02 Å². The van der Waals surface area contributed by atoms with Crippen molar-refractivity contribution in [3.8, 4) is 0 Å². The Morgan fingerprint density at radius 1 is 1.47 bits per heavy atom. The number of hydrogen-bond donors (Lipinski definition) is 1. The van der Waals surface area contributed by atoms with Crippen molar-refractivity contribution in [2.75, 3.05) is 11.9 Å². The van der Waals surface area contributed by atoms with E-state index in [0.29, 0.717) is 16.9 Å². The average molecular weight is 280 g/mol. The monoisotopic (exact) mass is 279 g/mol. The molecule has 0 saturated heterocycles. The Morgan fingerprint density at radius 2 is 2.21 bits per heavy atom. The van der Waals surface area contributed by atoms with Crippen LogP contribution in [0, 0.1) is 5.92 Å². The number of anilines is 1. The highest BCUT2D eigenvalue weighted by Gasteiger charge is 2.16. The van der Waals surface area contributed by atoms with Crippen molar-refractivity contribution in [1.82, 2.24) is 9.97 Å². The van der Waals surface area contributed by atoms with Crippen molar-refractivity contribution >= 4 is 17.5 Å². The molecule has 5 heteroatoms. The van der Waals surface area contributed by atoms with Gasteiger partial charge in [0.2, 0.25) is 5.95 Å². The third-order valence-corrected chi connectivity index (χ3v) is 3.24. The minimum absolute atomic E-state index is 0.242. The molecule has 1 aromatic heterocycles. The van der Waals surface area contributed by atoms with Gasteiger partial charge >= 0.3 is 0 Å². The predicted octanol–water partition coefficient (Wildman–Crippen LogP) is 3.43. The van der Waals surface area contributed by atoms with Crippen molar-refractivity contribution in [3.63, 3.8) is 0 Å². The van der Waals surface area contributed by atoms with Gasteiger partial charge in [-0.1, -0.05) is 23.8 Å². The summed E-state index contributed by atoms with van der Waals surface area (Å²) in [4.78, 5) is 8.20. The molecular formula is C14H18ClN3O. The first kappa shape index (κ1) is 14.0. The van der Waals surface area contributed by atoms with Crippen LogP contribution >= 0.6 is 11.6 Å². The first-order chi connectivity index (χ1) is 9.19. The molecule has 0 bridgehead atoms. The highest BCUT2D eigenvalue weighted by atomic mass is 35.5. The Balaban J connectivity index is 1.91. The molecule has 2 rings (SSSR count). The van der Waals surface area contributed by atoms with Crippen molar-refractivity contribution < 1.29 is 4.74 Å². The van der Waals surface area contributed by atoms with Crippen molar-refractivity contribution in [1.29, 1.82) is 0 Å². The molecule has 0 fully saturated rings. The fourth-order valence-corrected chi connectivity index (χ4v) is 2.07. The lowest BCUT2D eigenvalue weighted by Crippen LogP contribution is -2.20. The molecule has 4 nitrogen and oxygen atoms in total. The summed E-state index contributed by atoms with van der Waals surface area (Å²) in [6.07, 6.45) is 10.7. The van der Waals surface area contributed by atoms with Crippen LogP contribution in [-0.2, 0) is 4.74 Å². The number of ether oxygens (including phenoxy) is 1. The van der Waals surface area contributed by atoms with Gasteiger partial charge in [0, 0.05) is 18.2 Å². The first-order valence-corrected chi connectivity index (χ1v) is 6.81. The number of aromatic nitrogens is 2. The third kappa shape index (κ3) is 4.04. The quantitative estimate of drug-likeness (QED) is 0.897. The van der Waals surface area contributed by atoms with E-state index < -0.39 is 0 Å². The molecule has 0 saturated carbocycles. The second kappa shape index (κ2) is 6.68. The molecular weight excluding hydrogens is 262 g/mol. The van der Waals surface area contributed by atoms with Gasteiger partial charge in [0.1, 0.15) is 0 Å². The number of halogens is 1. The highest BCUT2D eigenvalue weighted by Crippen LogP contribution is 2.22. The van der Waals surface area contributed by atoms with E-state index in [1.807, 2.05) is 13.0 Å². The summed E-state index contributed by atoms with van der Waals surface area (Å²) in [7, 11) is 0. The van der Waals surface area contributed by atoms with E-state index in [1.54, 1.807) is 12.4 Å². The molecule has 19 heavy (non-hydrogen) atoms. The zero-order valence-electron chi connectivity index (χ0n) is 11.1. The van der Waals surface area contributed by atoms with E-state index in [0.717, 1.165) is 18.7 Å². The van der Waals surface area contributed by atoms with Gasteiger partial charge in [0.15, 0.2) is 0 Å². The topological polar surface area (TPSA) is 47.0 Å². The van der Waals surface area contributed by atoms with Crippen molar-refractivity contribution in [2.45, 2.75) is 26.4 Å². The molecule has 1 heterocycles. The molecule has 0 radical (unpaired) electrons. The lowest BCUT2D eigenvalue weighted by molar-refractivity contribution is 0.0477. The predicted molar refractivity (Wildman–Crippen MR) is 77.1 cm³/mol. The molecule has 0 amide bonds. The van der Waals surface area contributed by atoms with Crippen LogP contribution in [0.5, 0.6) is 0 Å². The fourth-order valence-electron chi connectivity index (χ4n) is 1.97.